The number of benzene rings is 1. The van der Waals surface area contributed by atoms with E-state index in [0.29, 0.717) is 5.92 Å². The smallest absolute Gasteiger partial charge is 0.00416 e. The van der Waals surface area contributed by atoms with Gasteiger partial charge >= 0.3 is 0 Å². The Morgan fingerprint density at radius 1 is 1.38 bits per heavy atom. The second-order valence-electron chi connectivity index (χ2n) is 4.78. The summed E-state index contributed by atoms with van der Waals surface area (Å²) in [6.45, 7) is 7.66. The molecular weight excluding hydrogens is 194 g/mol. The van der Waals surface area contributed by atoms with Gasteiger partial charge in [-0.1, -0.05) is 42.8 Å². The van der Waals surface area contributed by atoms with Crippen molar-refractivity contribution in [1.82, 2.24) is 4.90 Å². The quantitative estimate of drug-likeness (QED) is 0.745. The molecule has 0 aliphatic carbocycles. The van der Waals surface area contributed by atoms with Crippen LogP contribution in [0.15, 0.2) is 30.3 Å². The van der Waals surface area contributed by atoms with Gasteiger partial charge in [-0.15, -0.1) is 0 Å². The van der Waals surface area contributed by atoms with Crippen molar-refractivity contribution in [2.75, 3.05) is 20.6 Å². The van der Waals surface area contributed by atoms with E-state index in [2.05, 4.69) is 70.1 Å². The summed E-state index contributed by atoms with van der Waals surface area (Å²) in [4.78, 5) is 2.24. The van der Waals surface area contributed by atoms with Crippen LogP contribution in [0.2, 0.25) is 0 Å². The second kappa shape index (κ2) is 5.86. The van der Waals surface area contributed by atoms with E-state index in [1.165, 1.54) is 16.7 Å². The van der Waals surface area contributed by atoms with Crippen molar-refractivity contribution in [2.45, 2.75) is 20.8 Å². The van der Waals surface area contributed by atoms with Crippen molar-refractivity contribution in [2.24, 2.45) is 5.92 Å². The van der Waals surface area contributed by atoms with E-state index in [1.54, 1.807) is 0 Å². The summed E-state index contributed by atoms with van der Waals surface area (Å²) in [5.41, 5.74) is 4.13. The Morgan fingerprint density at radius 3 is 2.56 bits per heavy atom. The molecule has 16 heavy (non-hydrogen) atoms. The maximum atomic E-state index is 2.29. The molecule has 1 nitrogen and oxygen atoms in total. The minimum atomic E-state index is 0.571. The molecule has 0 radical (unpaired) electrons. The standard InChI is InChI=1S/C15H23N/c1-6-15(13(3)11-16(4)5)14-9-7-8-12(2)10-14/h6-10,13H,11H2,1-5H3. The monoisotopic (exact) mass is 217 g/mol. The zero-order valence-electron chi connectivity index (χ0n) is 11.1. The van der Waals surface area contributed by atoms with Crippen molar-refractivity contribution in [3.05, 3.63) is 41.5 Å². The van der Waals surface area contributed by atoms with Gasteiger partial charge in [0, 0.05) is 6.54 Å². The summed E-state index contributed by atoms with van der Waals surface area (Å²) in [5.74, 6) is 0.571. The van der Waals surface area contributed by atoms with E-state index in [0.717, 1.165) is 6.54 Å². The highest BCUT2D eigenvalue weighted by molar-refractivity contribution is 5.67. The van der Waals surface area contributed by atoms with Crippen LogP contribution < -0.4 is 0 Å². The highest BCUT2D eigenvalue weighted by atomic mass is 15.1. The fourth-order valence-corrected chi connectivity index (χ4v) is 2.21. The lowest BCUT2D eigenvalue weighted by atomic mass is 9.92. The SMILES string of the molecule is CC=C(c1cccc(C)c1)C(C)CN(C)C. The van der Waals surface area contributed by atoms with E-state index in [4.69, 9.17) is 0 Å². The normalized spacial score (nSPS) is 14.2. The molecule has 1 heteroatoms. The Hall–Kier alpha value is -1.08. The Kier molecular flexibility index (Phi) is 4.75. The molecule has 0 amide bonds. The minimum Gasteiger partial charge on any atom is -0.309 e. The Balaban J connectivity index is 2.91. The van der Waals surface area contributed by atoms with Gasteiger partial charge in [0.25, 0.3) is 0 Å². The van der Waals surface area contributed by atoms with Crippen molar-refractivity contribution < 1.29 is 0 Å². The minimum absolute atomic E-state index is 0.571. The van der Waals surface area contributed by atoms with Gasteiger partial charge < -0.3 is 4.90 Å². The topological polar surface area (TPSA) is 3.24 Å². The molecule has 0 spiro atoms. The molecule has 88 valence electrons. The molecule has 0 aliphatic rings. The Bertz CT molecular complexity index is 363. The van der Waals surface area contributed by atoms with Crippen molar-refractivity contribution in [1.29, 1.82) is 0 Å². The third-order valence-corrected chi connectivity index (χ3v) is 2.83. The molecule has 1 unspecified atom stereocenters. The van der Waals surface area contributed by atoms with Gasteiger partial charge in [0.05, 0.1) is 0 Å². The first kappa shape index (κ1) is 13.0. The van der Waals surface area contributed by atoms with Crippen molar-refractivity contribution >= 4 is 5.57 Å². The summed E-state index contributed by atoms with van der Waals surface area (Å²) in [6, 6.07) is 8.75. The van der Waals surface area contributed by atoms with Crippen LogP contribution in [0.4, 0.5) is 0 Å². The number of nitrogens with zero attached hydrogens (tertiary/aromatic N) is 1. The first-order valence-electron chi connectivity index (χ1n) is 5.92. The summed E-state index contributed by atoms with van der Waals surface area (Å²) >= 11 is 0. The zero-order valence-corrected chi connectivity index (χ0v) is 11.1. The van der Waals surface area contributed by atoms with Crippen molar-refractivity contribution in [3.8, 4) is 0 Å². The predicted octanol–water partition coefficient (Wildman–Crippen LogP) is 3.60. The predicted molar refractivity (Wildman–Crippen MR) is 72.5 cm³/mol. The van der Waals surface area contributed by atoms with Crippen LogP contribution in [-0.2, 0) is 0 Å². The highest BCUT2D eigenvalue weighted by Crippen LogP contribution is 2.24. The molecule has 1 rings (SSSR count). The maximum Gasteiger partial charge on any atom is 0.00416 e. The van der Waals surface area contributed by atoms with Gasteiger partial charge in [-0.3, -0.25) is 0 Å². The number of hydrogen-bond acceptors (Lipinski definition) is 1. The van der Waals surface area contributed by atoms with Crippen LogP contribution in [0.25, 0.3) is 5.57 Å². The van der Waals surface area contributed by atoms with Crippen LogP contribution in [0, 0.1) is 12.8 Å². The summed E-state index contributed by atoms with van der Waals surface area (Å²) in [5, 5.41) is 0. The average Bonchev–Trinajstić information content (AvgIpc) is 2.17. The Labute approximate surface area is 99.8 Å². The zero-order chi connectivity index (χ0) is 12.1. The van der Waals surface area contributed by atoms with E-state index in [1.807, 2.05) is 0 Å². The van der Waals surface area contributed by atoms with E-state index >= 15 is 0 Å². The second-order valence-corrected chi connectivity index (χ2v) is 4.78. The molecule has 1 aromatic rings. The van der Waals surface area contributed by atoms with Gasteiger partial charge in [-0.25, -0.2) is 0 Å². The molecule has 0 heterocycles. The first-order valence-corrected chi connectivity index (χ1v) is 5.92. The average molecular weight is 217 g/mol. The first-order chi connectivity index (χ1) is 7.54. The summed E-state index contributed by atoms with van der Waals surface area (Å²) in [7, 11) is 4.25. The third kappa shape index (κ3) is 3.49. The molecule has 0 aromatic heterocycles. The van der Waals surface area contributed by atoms with E-state index in [-0.39, 0.29) is 0 Å². The van der Waals surface area contributed by atoms with Crippen LogP contribution in [0.3, 0.4) is 0 Å². The molecule has 1 atom stereocenters. The van der Waals surface area contributed by atoms with E-state index in [9.17, 15) is 0 Å². The number of rotatable bonds is 4. The molecular formula is C15H23N. The highest BCUT2D eigenvalue weighted by Gasteiger charge is 2.11. The van der Waals surface area contributed by atoms with E-state index < -0.39 is 0 Å². The maximum absolute atomic E-state index is 2.29. The van der Waals surface area contributed by atoms with Crippen LogP contribution in [-0.4, -0.2) is 25.5 Å². The molecule has 0 aliphatic heterocycles. The van der Waals surface area contributed by atoms with Crippen molar-refractivity contribution in [3.63, 3.8) is 0 Å². The Morgan fingerprint density at radius 2 is 2.06 bits per heavy atom. The van der Waals surface area contributed by atoms with Crippen LogP contribution in [0.5, 0.6) is 0 Å². The number of aryl methyl sites for hydroxylation is 1. The van der Waals surface area contributed by atoms with Crippen LogP contribution in [0.1, 0.15) is 25.0 Å². The fourth-order valence-electron chi connectivity index (χ4n) is 2.21. The molecule has 0 N–H and O–H groups in total. The molecule has 1 aromatic carbocycles. The van der Waals surface area contributed by atoms with Gasteiger partial charge in [-0.05, 0) is 45.0 Å². The summed E-state index contributed by atoms with van der Waals surface area (Å²) < 4.78 is 0. The van der Waals surface area contributed by atoms with Crippen LogP contribution >= 0.6 is 0 Å². The summed E-state index contributed by atoms with van der Waals surface area (Å²) in [6.07, 6.45) is 2.24. The number of allylic oxidation sites excluding steroid dienone is 1. The van der Waals surface area contributed by atoms with Gasteiger partial charge in [0.2, 0.25) is 0 Å². The van der Waals surface area contributed by atoms with Gasteiger partial charge in [-0.2, -0.15) is 0 Å². The molecule has 0 saturated heterocycles. The van der Waals surface area contributed by atoms with Gasteiger partial charge in [0.1, 0.15) is 0 Å². The lowest BCUT2D eigenvalue weighted by Gasteiger charge is -2.20. The lowest BCUT2D eigenvalue weighted by Crippen LogP contribution is -2.20. The third-order valence-electron chi connectivity index (χ3n) is 2.83. The molecule has 0 saturated carbocycles. The lowest BCUT2D eigenvalue weighted by molar-refractivity contribution is 0.376. The van der Waals surface area contributed by atoms with Gasteiger partial charge in [0.15, 0.2) is 0 Å². The largest absolute Gasteiger partial charge is 0.309 e. The number of hydrogen-bond donors (Lipinski definition) is 0. The fraction of sp³-hybridized carbons (Fsp3) is 0.467. The molecule has 0 fully saturated rings. The molecule has 0 bridgehead atoms.